The maximum Gasteiger partial charge on any atom is 0.407 e. The fraction of sp³-hybridized carbons (Fsp3) is 0.444. The van der Waals surface area contributed by atoms with Crippen LogP contribution in [0.5, 0.6) is 0 Å². The summed E-state index contributed by atoms with van der Waals surface area (Å²) in [4.78, 5) is 36.8. The van der Waals surface area contributed by atoms with Gasteiger partial charge in [-0.3, -0.25) is 9.59 Å². The average Bonchev–Trinajstić information content (AvgIpc) is 3.16. The number of carbonyl (C=O) groups excluding carboxylic acids is 2. The van der Waals surface area contributed by atoms with E-state index in [4.69, 9.17) is 4.74 Å². The molecule has 0 bridgehead atoms. The first kappa shape index (κ1) is 23.8. The zero-order valence-electron chi connectivity index (χ0n) is 19.5. The summed E-state index contributed by atoms with van der Waals surface area (Å²) in [5.74, 6) is -1.59. The fourth-order valence-corrected chi connectivity index (χ4v) is 5.19. The molecule has 7 nitrogen and oxygen atoms in total. The van der Waals surface area contributed by atoms with Crippen molar-refractivity contribution in [2.24, 2.45) is 5.92 Å². The molecule has 0 radical (unpaired) electrons. The van der Waals surface area contributed by atoms with E-state index >= 15 is 0 Å². The lowest BCUT2D eigenvalue weighted by atomic mass is 9.85. The van der Waals surface area contributed by atoms with Gasteiger partial charge in [0.25, 0.3) is 0 Å². The normalized spacial score (nSPS) is 20.0. The summed E-state index contributed by atoms with van der Waals surface area (Å²) in [6.07, 6.45) is 3.14. The second-order valence-corrected chi connectivity index (χ2v) is 9.22. The van der Waals surface area contributed by atoms with Crippen LogP contribution in [0.1, 0.15) is 62.5 Å². The van der Waals surface area contributed by atoms with Gasteiger partial charge >= 0.3 is 12.1 Å². The van der Waals surface area contributed by atoms with Gasteiger partial charge in [0.15, 0.2) is 0 Å². The van der Waals surface area contributed by atoms with Gasteiger partial charge in [-0.05, 0) is 47.9 Å². The van der Waals surface area contributed by atoms with Gasteiger partial charge in [-0.15, -0.1) is 0 Å². The van der Waals surface area contributed by atoms with Crippen LogP contribution in [-0.2, 0) is 14.3 Å². The highest BCUT2D eigenvalue weighted by Crippen LogP contribution is 2.44. The highest BCUT2D eigenvalue weighted by molar-refractivity contribution is 5.86. The Morgan fingerprint density at radius 2 is 1.68 bits per heavy atom. The van der Waals surface area contributed by atoms with Crippen molar-refractivity contribution >= 4 is 18.0 Å². The van der Waals surface area contributed by atoms with Crippen LogP contribution < -0.4 is 10.6 Å². The number of benzene rings is 2. The van der Waals surface area contributed by atoms with Crippen molar-refractivity contribution in [2.45, 2.75) is 63.5 Å². The van der Waals surface area contributed by atoms with Crippen LogP contribution in [-0.4, -0.2) is 41.8 Å². The Labute approximate surface area is 199 Å². The van der Waals surface area contributed by atoms with E-state index < -0.39 is 24.0 Å². The maximum atomic E-state index is 12.9. The van der Waals surface area contributed by atoms with Crippen LogP contribution in [0.15, 0.2) is 48.5 Å². The predicted molar refractivity (Wildman–Crippen MR) is 128 cm³/mol. The van der Waals surface area contributed by atoms with E-state index in [0.29, 0.717) is 25.7 Å². The van der Waals surface area contributed by atoms with Crippen molar-refractivity contribution in [1.29, 1.82) is 0 Å². The molecular formula is C27H32N2O5. The third-order valence-corrected chi connectivity index (χ3v) is 6.90. The second-order valence-electron chi connectivity index (χ2n) is 9.22. The molecule has 7 heteroatoms. The summed E-state index contributed by atoms with van der Waals surface area (Å²) in [5.41, 5.74) is 4.57. The number of carboxylic acid groups (broad SMARTS) is 1. The van der Waals surface area contributed by atoms with Crippen LogP contribution in [0.3, 0.4) is 0 Å². The smallest absolute Gasteiger partial charge is 0.407 e. The molecule has 4 rings (SSSR count). The van der Waals surface area contributed by atoms with E-state index in [9.17, 15) is 19.5 Å². The Hall–Kier alpha value is -3.35. The first-order chi connectivity index (χ1) is 16.5. The van der Waals surface area contributed by atoms with E-state index in [2.05, 4.69) is 34.9 Å². The van der Waals surface area contributed by atoms with Crippen LogP contribution in [0.4, 0.5) is 4.79 Å². The lowest BCUT2D eigenvalue weighted by molar-refractivity contribution is -0.143. The maximum absolute atomic E-state index is 12.9. The van der Waals surface area contributed by atoms with Crippen LogP contribution in [0.2, 0.25) is 0 Å². The summed E-state index contributed by atoms with van der Waals surface area (Å²) in [6, 6.07) is 15.4. The number of carboxylic acids is 1. The van der Waals surface area contributed by atoms with Gasteiger partial charge in [-0.1, -0.05) is 68.3 Å². The molecule has 2 aliphatic rings. The number of ether oxygens (including phenoxy) is 1. The molecule has 34 heavy (non-hydrogen) atoms. The first-order valence-electron chi connectivity index (χ1n) is 12.1. The van der Waals surface area contributed by atoms with Crippen molar-refractivity contribution in [2.75, 3.05) is 6.61 Å². The molecule has 3 N–H and O–H groups in total. The molecular weight excluding hydrogens is 432 g/mol. The van der Waals surface area contributed by atoms with Crippen molar-refractivity contribution in [1.82, 2.24) is 10.6 Å². The largest absolute Gasteiger partial charge is 0.481 e. The number of hydrogen-bond acceptors (Lipinski definition) is 4. The molecule has 3 atom stereocenters. The zero-order valence-corrected chi connectivity index (χ0v) is 19.5. The molecule has 2 aromatic carbocycles. The molecule has 1 fully saturated rings. The van der Waals surface area contributed by atoms with E-state index in [1.54, 1.807) is 0 Å². The quantitative estimate of drug-likeness (QED) is 0.535. The van der Waals surface area contributed by atoms with Gasteiger partial charge < -0.3 is 20.5 Å². The lowest BCUT2D eigenvalue weighted by Gasteiger charge is -2.29. The van der Waals surface area contributed by atoms with Crippen molar-refractivity contribution < 1.29 is 24.2 Å². The predicted octanol–water partition coefficient (Wildman–Crippen LogP) is 4.45. The summed E-state index contributed by atoms with van der Waals surface area (Å²) in [6.45, 7) is 2.13. The van der Waals surface area contributed by atoms with Gasteiger partial charge in [-0.2, -0.15) is 0 Å². The number of nitrogens with one attached hydrogen (secondary N) is 2. The number of alkyl carbamates (subject to hydrolysis) is 1. The molecule has 0 aliphatic heterocycles. The van der Waals surface area contributed by atoms with E-state index in [-0.39, 0.29) is 24.5 Å². The summed E-state index contributed by atoms with van der Waals surface area (Å²) >= 11 is 0. The van der Waals surface area contributed by atoms with E-state index in [1.807, 2.05) is 31.2 Å². The highest BCUT2D eigenvalue weighted by atomic mass is 16.5. The van der Waals surface area contributed by atoms with Crippen LogP contribution >= 0.6 is 0 Å². The molecule has 0 spiro atoms. The van der Waals surface area contributed by atoms with Crippen LogP contribution in [0.25, 0.3) is 11.1 Å². The highest BCUT2D eigenvalue weighted by Gasteiger charge is 2.31. The zero-order chi connectivity index (χ0) is 24.1. The topological polar surface area (TPSA) is 105 Å². The van der Waals surface area contributed by atoms with Gasteiger partial charge in [0.1, 0.15) is 12.6 Å². The average molecular weight is 465 g/mol. The Morgan fingerprint density at radius 1 is 1.03 bits per heavy atom. The Bertz CT molecular complexity index is 1010. The number of hydrogen-bond donors (Lipinski definition) is 3. The van der Waals surface area contributed by atoms with Gasteiger partial charge in [0.05, 0.1) is 5.92 Å². The van der Waals surface area contributed by atoms with Crippen molar-refractivity contribution in [3.8, 4) is 11.1 Å². The Morgan fingerprint density at radius 3 is 2.29 bits per heavy atom. The molecule has 0 heterocycles. The standard InChI is InChI=1S/C27H32N2O5/c1-2-8-24(25(30)28-18-10-7-9-17(15-18)26(31)32)29-27(33)34-16-23-21-13-5-3-11-19(21)20-12-4-6-14-22(20)23/h3-6,11-14,17-18,23-24H,2,7-10,15-16H2,1H3,(H,28,30)(H,29,33)(H,31,32)/t17-,18+,24+/m1/s1. The second kappa shape index (κ2) is 10.7. The Balaban J connectivity index is 1.35. The van der Waals surface area contributed by atoms with Crippen molar-refractivity contribution in [3.05, 3.63) is 59.7 Å². The van der Waals surface area contributed by atoms with Crippen LogP contribution in [0, 0.1) is 5.92 Å². The van der Waals surface area contributed by atoms with Gasteiger partial charge in [0.2, 0.25) is 5.91 Å². The minimum absolute atomic E-state index is 0.0493. The summed E-state index contributed by atoms with van der Waals surface area (Å²) < 4.78 is 5.60. The number of rotatable bonds is 8. The number of amides is 2. The van der Waals surface area contributed by atoms with Crippen molar-refractivity contribution in [3.63, 3.8) is 0 Å². The number of carbonyl (C=O) groups is 3. The number of fused-ring (bicyclic) bond motifs is 3. The Kier molecular flexibility index (Phi) is 7.50. The monoisotopic (exact) mass is 464 g/mol. The minimum atomic E-state index is -0.819. The first-order valence-corrected chi connectivity index (χ1v) is 12.1. The van der Waals surface area contributed by atoms with E-state index in [0.717, 1.165) is 35.1 Å². The third kappa shape index (κ3) is 5.24. The molecule has 2 aliphatic carbocycles. The molecule has 1 saturated carbocycles. The van der Waals surface area contributed by atoms with Gasteiger partial charge in [0, 0.05) is 12.0 Å². The van der Waals surface area contributed by atoms with Gasteiger partial charge in [-0.25, -0.2) is 4.79 Å². The minimum Gasteiger partial charge on any atom is -0.481 e. The lowest BCUT2D eigenvalue weighted by Crippen LogP contribution is -2.51. The third-order valence-electron chi connectivity index (χ3n) is 6.90. The summed E-state index contributed by atoms with van der Waals surface area (Å²) in [5, 5.41) is 15.0. The molecule has 180 valence electrons. The molecule has 0 aromatic heterocycles. The molecule has 2 amide bonds. The molecule has 2 aromatic rings. The molecule has 0 saturated heterocycles. The SMILES string of the molecule is CCC[C@H](NC(=O)OCC1c2ccccc2-c2ccccc21)C(=O)N[C@H]1CCC[C@@H](C(=O)O)C1. The fourth-order valence-electron chi connectivity index (χ4n) is 5.19. The number of aliphatic carboxylic acids is 1. The molecule has 0 unspecified atom stereocenters. The van der Waals surface area contributed by atoms with E-state index in [1.165, 1.54) is 0 Å². The summed E-state index contributed by atoms with van der Waals surface area (Å²) in [7, 11) is 0.